The van der Waals surface area contributed by atoms with Gasteiger partial charge < -0.3 is 10.1 Å². The van der Waals surface area contributed by atoms with Crippen LogP contribution >= 0.6 is 35.0 Å². The number of sulfonamides is 1. The third kappa shape index (κ3) is 7.06. The molecule has 3 aromatic carbocycles. The second-order valence-electron chi connectivity index (χ2n) is 7.16. The number of ether oxygens (including phenoxy) is 1. The van der Waals surface area contributed by atoms with Crippen molar-refractivity contribution in [2.24, 2.45) is 0 Å². The molecular weight excluding hydrogens is 515 g/mol. The van der Waals surface area contributed by atoms with Crippen molar-refractivity contribution in [3.05, 3.63) is 88.4 Å². The first-order chi connectivity index (χ1) is 16.3. The van der Waals surface area contributed by atoms with Crippen molar-refractivity contribution >= 4 is 56.6 Å². The lowest BCUT2D eigenvalue weighted by molar-refractivity contribution is -0.119. The predicted molar refractivity (Wildman–Crippen MR) is 140 cm³/mol. The second-order valence-corrected chi connectivity index (χ2v) is 11.0. The zero-order chi connectivity index (χ0) is 24.6. The third-order valence-electron chi connectivity index (χ3n) is 4.82. The fourth-order valence-corrected chi connectivity index (χ4v) is 5.89. The molecule has 0 aliphatic carbocycles. The van der Waals surface area contributed by atoms with E-state index in [1.54, 1.807) is 66.4 Å². The molecular formula is C24H24Cl2N2O4S2. The molecule has 0 saturated heterocycles. The smallest absolute Gasteiger partial charge is 0.264 e. The molecule has 1 N–H and O–H groups in total. The van der Waals surface area contributed by atoms with Crippen molar-refractivity contribution in [1.29, 1.82) is 0 Å². The maximum absolute atomic E-state index is 13.3. The Labute approximate surface area is 214 Å². The molecule has 3 aromatic rings. The van der Waals surface area contributed by atoms with E-state index in [0.29, 0.717) is 39.5 Å². The Bertz CT molecular complexity index is 1210. The van der Waals surface area contributed by atoms with Crippen LogP contribution < -0.4 is 14.4 Å². The zero-order valence-corrected chi connectivity index (χ0v) is 21.6. The Morgan fingerprint density at radius 2 is 1.74 bits per heavy atom. The third-order valence-corrected chi connectivity index (χ3v) is 8.20. The van der Waals surface area contributed by atoms with Gasteiger partial charge in [-0.25, -0.2) is 8.42 Å². The number of methoxy groups -OCH3 is 1. The number of benzene rings is 3. The van der Waals surface area contributed by atoms with Gasteiger partial charge in [-0.15, -0.1) is 0 Å². The lowest BCUT2D eigenvalue weighted by atomic mass is 10.2. The van der Waals surface area contributed by atoms with Gasteiger partial charge in [-0.2, -0.15) is 11.8 Å². The van der Waals surface area contributed by atoms with Crippen LogP contribution in [-0.2, 0) is 20.6 Å². The second kappa shape index (κ2) is 12.4. The van der Waals surface area contributed by atoms with Crippen LogP contribution in [0.5, 0.6) is 5.75 Å². The Morgan fingerprint density at radius 3 is 2.38 bits per heavy atom. The summed E-state index contributed by atoms with van der Waals surface area (Å²) < 4.78 is 32.9. The highest BCUT2D eigenvalue weighted by atomic mass is 35.5. The SMILES string of the molecule is COc1ccc(S(=O)(=O)N(CC(=O)NCCSCc2ccc(Cl)cc2Cl)c2ccccc2)cc1. The Balaban J connectivity index is 1.61. The number of amides is 1. The van der Waals surface area contributed by atoms with Gasteiger partial charge >= 0.3 is 0 Å². The molecule has 0 aliphatic rings. The van der Waals surface area contributed by atoms with Gasteiger partial charge in [0.05, 0.1) is 17.7 Å². The molecule has 6 nitrogen and oxygen atoms in total. The topological polar surface area (TPSA) is 75.7 Å². The number of thioether (sulfide) groups is 1. The summed E-state index contributed by atoms with van der Waals surface area (Å²) in [5.41, 5.74) is 1.36. The van der Waals surface area contributed by atoms with Crippen molar-refractivity contribution < 1.29 is 17.9 Å². The minimum Gasteiger partial charge on any atom is -0.497 e. The first-order valence-corrected chi connectivity index (χ1v) is 13.7. The van der Waals surface area contributed by atoms with E-state index in [1.165, 1.54) is 19.2 Å². The number of hydrogen-bond acceptors (Lipinski definition) is 5. The van der Waals surface area contributed by atoms with Crippen LogP contribution in [0.2, 0.25) is 10.0 Å². The van der Waals surface area contributed by atoms with Crippen LogP contribution in [0, 0.1) is 0 Å². The highest BCUT2D eigenvalue weighted by molar-refractivity contribution is 7.98. The number of carbonyl (C=O) groups excluding carboxylic acids is 1. The number of hydrogen-bond donors (Lipinski definition) is 1. The van der Waals surface area contributed by atoms with E-state index in [2.05, 4.69) is 5.32 Å². The minimum absolute atomic E-state index is 0.0698. The molecule has 0 radical (unpaired) electrons. The quantitative estimate of drug-likeness (QED) is 0.337. The standard InChI is InChI=1S/C24H24Cl2N2O4S2/c1-32-21-9-11-22(12-10-21)34(30,31)28(20-5-3-2-4-6-20)16-24(29)27-13-14-33-17-18-7-8-19(25)15-23(18)26/h2-12,15H,13-14,16-17H2,1H3,(H,27,29). The molecule has 3 rings (SSSR count). The Morgan fingerprint density at radius 1 is 1.03 bits per heavy atom. The van der Waals surface area contributed by atoms with Gasteiger partial charge in [0.25, 0.3) is 10.0 Å². The van der Waals surface area contributed by atoms with Crippen LogP contribution in [0.4, 0.5) is 5.69 Å². The summed E-state index contributed by atoms with van der Waals surface area (Å²) in [7, 11) is -2.46. The van der Waals surface area contributed by atoms with Crippen LogP contribution in [0.15, 0.2) is 77.7 Å². The van der Waals surface area contributed by atoms with E-state index in [0.717, 1.165) is 9.87 Å². The molecule has 0 aliphatic heterocycles. The Kier molecular flexibility index (Phi) is 9.53. The van der Waals surface area contributed by atoms with Crippen molar-refractivity contribution in [1.82, 2.24) is 5.32 Å². The largest absolute Gasteiger partial charge is 0.497 e. The average molecular weight is 540 g/mol. The number of para-hydroxylation sites is 1. The summed E-state index contributed by atoms with van der Waals surface area (Å²) in [6.07, 6.45) is 0. The summed E-state index contributed by atoms with van der Waals surface area (Å²) >= 11 is 13.7. The minimum atomic E-state index is -3.97. The summed E-state index contributed by atoms with van der Waals surface area (Å²) in [5, 5.41) is 3.98. The van der Waals surface area contributed by atoms with Crippen molar-refractivity contribution in [2.45, 2.75) is 10.6 Å². The van der Waals surface area contributed by atoms with E-state index >= 15 is 0 Å². The molecule has 0 fully saturated rings. The van der Waals surface area contributed by atoms with E-state index in [-0.39, 0.29) is 11.4 Å². The van der Waals surface area contributed by atoms with Crippen molar-refractivity contribution in [2.75, 3.05) is 30.3 Å². The molecule has 0 atom stereocenters. The molecule has 0 saturated carbocycles. The molecule has 0 bridgehead atoms. The number of rotatable bonds is 11. The molecule has 10 heteroatoms. The normalized spacial score (nSPS) is 11.1. The number of nitrogens with zero attached hydrogens (tertiary/aromatic N) is 1. The molecule has 0 spiro atoms. The fourth-order valence-electron chi connectivity index (χ4n) is 3.05. The first kappa shape index (κ1) is 26.2. The number of anilines is 1. The predicted octanol–water partition coefficient (Wildman–Crippen LogP) is 5.25. The molecule has 34 heavy (non-hydrogen) atoms. The fraction of sp³-hybridized carbons (Fsp3) is 0.208. The highest BCUT2D eigenvalue weighted by Crippen LogP contribution is 2.26. The summed E-state index contributed by atoms with van der Waals surface area (Å²) in [5.74, 6) is 1.46. The first-order valence-electron chi connectivity index (χ1n) is 10.3. The van der Waals surface area contributed by atoms with Crippen LogP contribution in [-0.4, -0.2) is 40.3 Å². The number of carbonyl (C=O) groups is 1. The maximum atomic E-state index is 13.3. The molecule has 0 heterocycles. The lowest BCUT2D eigenvalue weighted by Gasteiger charge is -2.24. The van der Waals surface area contributed by atoms with Crippen LogP contribution in [0.25, 0.3) is 0 Å². The summed E-state index contributed by atoms with van der Waals surface area (Å²) in [4.78, 5) is 12.7. The van der Waals surface area contributed by atoms with Gasteiger partial charge in [0.1, 0.15) is 12.3 Å². The van der Waals surface area contributed by atoms with Crippen molar-refractivity contribution in [3.63, 3.8) is 0 Å². The maximum Gasteiger partial charge on any atom is 0.264 e. The van der Waals surface area contributed by atoms with Gasteiger partial charge in [-0.1, -0.05) is 47.5 Å². The van der Waals surface area contributed by atoms with Gasteiger partial charge in [-0.3, -0.25) is 9.10 Å². The van der Waals surface area contributed by atoms with Gasteiger partial charge in [-0.05, 0) is 54.1 Å². The lowest BCUT2D eigenvalue weighted by Crippen LogP contribution is -2.41. The molecule has 0 unspecified atom stereocenters. The molecule has 1 amide bonds. The van der Waals surface area contributed by atoms with E-state index in [4.69, 9.17) is 27.9 Å². The van der Waals surface area contributed by atoms with E-state index in [1.807, 2.05) is 6.07 Å². The van der Waals surface area contributed by atoms with Crippen LogP contribution in [0.3, 0.4) is 0 Å². The van der Waals surface area contributed by atoms with Crippen molar-refractivity contribution in [3.8, 4) is 5.75 Å². The van der Waals surface area contributed by atoms with Gasteiger partial charge in [0.15, 0.2) is 0 Å². The number of nitrogens with one attached hydrogen (secondary N) is 1. The van der Waals surface area contributed by atoms with E-state index < -0.39 is 15.9 Å². The van der Waals surface area contributed by atoms with E-state index in [9.17, 15) is 13.2 Å². The molecule has 0 aromatic heterocycles. The molecule has 180 valence electrons. The monoisotopic (exact) mass is 538 g/mol. The van der Waals surface area contributed by atoms with Gasteiger partial charge in [0, 0.05) is 28.1 Å². The average Bonchev–Trinajstić information content (AvgIpc) is 2.84. The number of halogens is 2. The van der Waals surface area contributed by atoms with Gasteiger partial charge in [0.2, 0.25) is 5.91 Å². The highest BCUT2D eigenvalue weighted by Gasteiger charge is 2.27. The summed E-state index contributed by atoms with van der Waals surface area (Å²) in [6, 6.07) is 19.9. The Hall–Kier alpha value is -2.39. The zero-order valence-electron chi connectivity index (χ0n) is 18.4. The summed E-state index contributed by atoms with van der Waals surface area (Å²) in [6.45, 7) is 0.0476. The van der Waals surface area contributed by atoms with Crippen LogP contribution in [0.1, 0.15) is 5.56 Å².